The zero-order valence-corrected chi connectivity index (χ0v) is 11.1. The van der Waals surface area contributed by atoms with E-state index in [0.717, 1.165) is 24.2 Å². The van der Waals surface area contributed by atoms with Crippen molar-refractivity contribution in [3.05, 3.63) is 29.8 Å². The molecule has 1 aromatic carbocycles. The Bertz CT molecular complexity index is 389. The van der Waals surface area contributed by atoms with E-state index in [4.69, 9.17) is 0 Å². The van der Waals surface area contributed by atoms with E-state index in [1.54, 1.807) is 0 Å². The van der Waals surface area contributed by atoms with Gasteiger partial charge in [0.2, 0.25) is 0 Å². The molecule has 0 spiro atoms. The van der Waals surface area contributed by atoms with E-state index in [2.05, 4.69) is 18.3 Å². The molecule has 0 aliphatic rings. The van der Waals surface area contributed by atoms with Gasteiger partial charge in [-0.2, -0.15) is 5.26 Å². The monoisotopic (exact) mass is 231 g/mol. The number of benzene rings is 1. The van der Waals surface area contributed by atoms with Crippen molar-refractivity contribution in [3.63, 3.8) is 0 Å². The second-order valence-corrected chi connectivity index (χ2v) is 4.60. The number of nitriles is 1. The maximum atomic E-state index is 9.32. The zero-order valence-electron chi connectivity index (χ0n) is 11.1. The Morgan fingerprint density at radius 1 is 1.29 bits per heavy atom. The molecule has 1 aromatic rings. The summed E-state index contributed by atoms with van der Waals surface area (Å²) in [6.07, 6.45) is 1.02. The first-order chi connectivity index (χ1) is 8.03. The fourth-order valence-corrected chi connectivity index (χ4v) is 1.67. The molecule has 0 aliphatic heterocycles. The summed E-state index contributed by atoms with van der Waals surface area (Å²) in [6.45, 7) is 4.87. The molecule has 1 rings (SSSR count). The lowest BCUT2D eigenvalue weighted by atomic mass is 9.93. The average Bonchev–Trinajstić information content (AvgIpc) is 2.36. The van der Waals surface area contributed by atoms with Gasteiger partial charge in [0.05, 0.1) is 6.07 Å². The minimum Gasteiger partial charge on any atom is -0.378 e. The second-order valence-electron chi connectivity index (χ2n) is 4.60. The molecule has 3 nitrogen and oxygen atoms in total. The maximum absolute atomic E-state index is 9.32. The van der Waals surface area contributed by atoms with Crippen molar-refractivity contribution in [3.8, 4) is 6.07 Å². The molecule has 1 N–H and O–H groups in total. The van der Waals surface area contributed by atoms with Crippen LogP contribution in [-0.2, 0) is 5.54 Å². The molecule has 0 bridgehead atoms. The summed E-state index contributed by atoms with van der Waals surface area (Å²) < 4.78 is 0. The predicted molar refractivity (Wildman–Crippen MR) is 72.0 cm³/mol. The molecule has 0 amide bonds. The summed E-state index contributed by atoms with van der Waals surface area (Å²) in [5.41, 5.74) is 1.56. The minimum atomic E-state index is -0.596. The van der Waals surface area contributed by atoms with Crippen molar-refractivity contribution < 1.29 is 0 Å². The van der Waals surface area contributed by atoms with Gasteiger partial charge in [-0.3, -0.25) is 5.32 Å². The van der Waals surface area contributed by atoms with Crippen LogP contribution in [0.2, 0.25) is 0 Å². The number of anilines is 1. The summed E-state index contributed by atoms with van der Waals surface area (Å²) >= 11 is 0. The molecule has 0 aliphatic carbocycles. The Hall–Kier alpha value is -1.53. The Morgan fingerprint density at radius 2 is 1.88 bits per heavy atom. The number of hydrogen-bond acceptors (Lipinski definition) is 3. The summed E-state index contributed by atoms with van der Waals surface area (Å²) in [5.74, 6) is 0. The fourth-order valence-electron chi connectivity index (χ4n) is 1.67. The Kier molecular flexibility index (Phi) is 4.53. The third-order valence-electron chi connectivity index (χ3n) is 2.91. The molecule has 17 heavy (non-hydrogen) atoms. The first-order valence-corrected chi connectivity index (χ1v) is 5.97. The van der Waals surface area contributed by atoms with Crippen LogP contribution in [-0.4, -0.2) is 20.6 Å². The van der Waals surface area contributed by atoms with Gasteiger partial charge in [0.1, 0.15) is 5.54 Å². The van der Waals surface area contributed by atoms with Crippen LogP contribution < -0.4 is 10.2 Å². The highest BCUT2D eigenvalue weighted by Crippen LogP contribution is 2.22. The zero-order chi connectivity index (χ0) is 12.9. The number of rotatable bonds is 5. The van der Waals surface area contributed by atoms with Gasteiger partial charge < -0.3 is 4.90 Å². The highest BCUT2D eigenvalue weighted by molar-refractivity contribution is 5.48. The third kappa shape index (κ3) is 3.21. The summed E-state index contributed by atoms with van der Waals surface area (Å²) in [6, 6.07) is 10.5. The minimum absolute atomic E-state index is 0.596. The smallest absolute Gasteiger partial charge is 0.129 e. The van der Waals surface area contributed by atoms with Crippen LogP contribution in [0.4, 0.5) is 5.69 Å². The van der Waals surface area contributed by atoms with E-state index in [-0.39, 0.29) is 0 Å². The standard InChI is InChI=1S/C14H21N3/c1-5-10-16-14(2,11-15)12-6-8-13(9-7-12)17(3)4/h6-9,16H,5,10H2,1-4H3. The van der Waals surface area contributed by atoms with Gasteiger partial charge in [0.25, 0.3) is 0 Å². The molecule has 0 heterocycles. The van der Waals surface area contributed by atoms with Crippen LogP contribution in [0.3, 0.4) is 0 Å². The second kappa shape index (κ2) is 5.70. The van der Waals surface area contributed by atoms with Gasteiger partial charge in [-0.15, -0.1) is 0 Å². The van der Waals surface area contributed by atoms with Crippen LogP contribution in [0.15, 0.2) is 24.3 Å². The Balaban J connectivity index is 2.93. The molecular formula is C14H21N3. The summed E-state index contributed by atoms with van der Waals surface area (Å²) in [4.78, 5) is 2.05. The van der Waals surface area contributed by atoms with Crippen LogP contribution >= 0.6 is 0 Å². The normalized spacial score (nSPS) is 13.8. The molecular weight excluding hydrogens is 210 g/mol. The fraction of sp³-hybridized carbons (Fsp3) is 0.500. The number of nitrogens with one attached hydrogen (secondary N) is 1. The summed E-state index contributed by atoms with van der Waals surface area (Å²) in [5, 5.41) is 12.6. The first-order valence-electron chi connectivity index (χ1n) is 5.97. The molecule has 1 atom stereocenters. The lowest BCUT2D eigenvalue weighted by Crippen LogP contribution is -2.38. The molecule has 92 valence electrons. The first kappa shape index (κ1) is 13.5. The van der Waals surface area contributed by atoms with Crippen LogP contribution in [0.5, 0.6) is 0 Å². The average molecular weight is 231 g/mol. The van der Waals surface area contributed by atoms with Gasteiger partial charge in [-0.1, -0.05) is 19.1 Å². The highest BCUT2D eigenvalue weighted by atomic mass is 15.1. The predicted octanol–water partition coefficient (Wildman–Crippen LogP) is 2.49. The van der Waals surface area contributed by atoms with Crippen molar-refractivity contribution in [2.24, 2.45) is 0 Å². The van der Waals surface area contributed by atoms with Gasteiger partial charge >= 0.3 is 0 Å². The van der Waals surface area contributed by atoms with Crippen LogP contribution in [0, 0.1) is 11.3 Å². The van der Waals surface area contributed by atoms with Crippen molar-refractivity contribution >= 4 is 5.69 Å². The summed E-state index contributed by atoms with van der Waals surface area (Å²) in [7, 11) is 4.02. The molecule has 0 fully saturated rings. The van der Waals surface area contributed by atoms with E-state index in [0.29, 0.717) is 0 Å². The van der Waals surface area contributed by atoms with Gasteiger partial charge in [0, 0.05) is 19.8 Å². The van der Waals surface area contributed by atoms with Crippen molar-refractivity contribution in [1.29, 1.82) is 5.26 Å². The Morgan fingerprint density at radius 3 is 2.29 bits per heavy atom. The molecule has 0 aromatic heterocycles. The third-order valence-corrected chi connectivity index (χ3v) is 2.91. The van der Waals surface area contributed by atoms with Crippen molar-refractivity contribution in [2.75, 3.05) is 25.5 Å². The van der Waals surface area contributed by atoms with Gasteiger partial charge in [-0.05, 0) is 37.6 Å². The van der Waals surface area contributed by atoms with Crippen molar-refractivity contribution in [1.82, 2.24) is 5.32 Å². The van der Waals surface area contributed by atoms with E-state index in [1.165, 1.54) is 0 Å². The topological polar surface area (TPSA) is 39.1 Å². The van der Waals surface area contributed by atoms with E-state index in [1.807, 2.05) is 50.2 Å². The Labute approximate surface area is 104 Å². The maximum Gasteiger partial charge on any atom is 0.129 e. The van der Waals surface area contributed by atoms with Crippen LogP contribution in [0.1, 0.15) is 25.8 Å². The molecule has 0 saturated carbocycles. The lowest BCUT2D eigenvalue weighted by molar-refractivity contribution is 0.466. The largest absolute Gasteiger partial charge is 0.378 e. The van der Waals surface area contributed by atoms with Gasteiger partial charge in [0.15, 0.2) is 0 Å². The number of hydrogen-bond donors (Lipinski definition) is 1. The van der Waals surface area contributed by atoms with Crippen molar-refractivity contribution in [2.45, 2.75) is 25.8 Å². The van der Waals surface area contributed by atoms with E-state index in [9.17, 15) is 5.26 Å². The highest BCUT2D eigenvalue weighted by Gasteiger charge is 2.24. The SMILES string of the molecule is CCCNC(C)(C#N)c1ccc(N(C)C)cc1. The van der Waals surface area contributed by atoms with Gasteiger partial charge in [-0.25, -0.2) is 0 Å². The number of nitrogens with zero attached hydrogens (tertiary/aromatic N) is 2. The molecule has 1 unspecified atom stereocenters. The lowest BCUT2D eigenvalue weighted by Gasteiger charge is -2.24. The molecule has 0 radical (unpaired) electrons. The molecule has 0 saturated heterocycles. The van der Waals surface area contributed by atoms with E-state index < -0.39 is 5.54 Å². The van der Waals surface area contributed by atoms with Crippen LogP contribution in [0.25, 0.3) is 0 Å². The quantitative estimate of drug-likeness (QED) is 0.846. The van der Waals surface area contributed by atoms with E-state index >= 15 is 0 Å². The molecule has 3 heteroatoms.